The van der Waals surface area contributed by atoms with Crippen molar-refractivity contribution in [3.63, 3.8) is 0 Å². The topological polar surface area (TPSA) is 127 Å². The zero-order chi connectivity index (χ0) is 24.4. The van der Waals surface area contributed by atoms with E-state index >= 15 is 0 Å². The van der Waals surface area contributed by atoms with Crippen LogP contribution < -0.4 is 15.6 Å². The highest BCUT2D eigenvalue weighted by Crippen LogP contribution is 2.41. The Balaban J connectivity index is 1.96. The molecule has 0 spiro atoms. The maximum absolute atomic E-state index is 13.0. The minimum Gasteiger partial charge on any atom is -0.505 e. The van der Waals surface area contributed by atoms with E-state index in [-0.39, 0.29) is 18.0 Å². The van der Waals surface area contributed by atoms with Crippen molar-refractivity contribution in [1.29, 1.82) is 0 Å². The Morgan fingerprint density at radius 1 is 1.26 bits per heavy atom. The van der Waals surface area contributed by atoms with Gasteiger partial charge >= 0.3 is 5.97 Å². The van der Waals surface area contributed by atoms with E-state index in [4.69, 9.17) is 9.47 Å². The number of allylic oxidation sites excluding steroid dienone is 1. The second kappa shape index (κ2) is 9.22. The maximum atomic E-state index is 13.0. The van der Waals surface area contributed by atoms with Gasteiger partial charge in [-0.2, -0.15) is 0 Å². The molecule has 0 saturated heterocycles. The number of non-ortho nitro benzene ring substituents is 1. The molecular weight excluding hydrogens is 438 g/mol. The number of aromatic amines is 1. The number of aromatic hydroxyl groups is 1. The Morgan fingerprint density at radius 2 is 2.03 bits per heavy atom. The van der Waals surface area contributed by atoms with Crippen LogP contribution in [0.5, 0.6) is 11.5 Å². The quantitative estimate of drug-likeness (QED) is 0.330. The zero-order valence-corrected chi connectivity index (χ0v) is 18.9. The van der Waals surface area contributed by atoms with Crippen molar-refractivity contribution in [2.45, 2.75) is 19.8 Å². The van der Waals surface area contributed by atoms with Crippen molar-refractivity contribution >= 4 is 17.7 Å². The number of nitrogens with one attached hydrogen (secondary N) is 1. The summed E-state index contributed by atoms with van der Waals surface area (Å²) in [6.45, 7) is 3.61. The van der Waals surface area contributed by atoms with Crippen LogP contribution in [-0.2, 0) is 9.53 Å². The van der Waals surface area contributed by atoms with Gasteiger partial charge in [-0.15, -0.1) is 0 Å². The number of carbonyl (C=O) groups is 1. The second-order valence-electron chi connectivity index (χ2n) is 7.65. The van der Waals surface area contributed by atoms with Crippen molar-refractivity contribution in [1.82, 2.24) is 4.98 Å². The van der Waals surface area contributed by atoms with Gasteiger partial charge in [0.1, 0.15) is 17.0 Å². The molecule has 2 aromatic carbocycles. The van der Waals surface area contributed by atoms with E-state index in [1.807, 2.05) is 18.2 Å². The van der Waals surface area contributed by atoms with Crippen LogP contribution in [0.2, 0.25) is 0 Å². The number of nitrogens with zero attached hydrogens (tertiary/aromatic N) is 2. The molecule has 2 heterocycles. The molecule has 3 aromatic rings. The zero-order valence-electron chi connectivity index (χ0n) is 18.9. The average molecular weight is 461 g/mol. The van der Waals surface area contributed by atoms with E-state index < -0.39 is 16.8 Å². The summed E-state index contributed by atoms with van der Waals surface area (Å²) in [5, 5.41) is 22.7. The van der Waals surface area contributed by atoms with E-state index in [0.29, 0.717) is 44.5 Å². The fourth-order valence-corrected chi connectivity index (χ4v) is 4.14. The highest BCUT2D eigenvalue weighted by atomic mass is 16.6. The van der Waals surface area contributed by atoms with Crippen molar-refractivity contribution < 1.29 is 24.3 Å². The molecule has 9 nitrogen and oxygen atoms in total. The van der Waals surface area contributed by atoms with Crippen LogP contribution in [0.1, 0.15) is 36.5 Å². The molecule has 1 unspecified atom stereocenters. The monoisotopic (exact) mass is 461 g/mol. The summed E-state index contributed by atoms with van der Waals surface area (Å²) >= 11 is 0. The summed E-state index contributed by atoms with van der Waals surface area (Å²) in [4.78, 5) is 31.2. The van der Waals surface area contributed by atoms with Gasteiger partial charge in [0.25, 0.3) is 5.69 Å². The first-order chi connectivity index (χ1) is 16.3. The summed E-state index contributed by atoms with van der Waals surface area (Å²) in [6, 6.07) is 13.3. The van der Waals surface area contributed by atoms with E-state index in [0.717, 1.165) is 0 Å². The summed E-state index contributed by atoms with van der Waals surface area (Å²) in [5.41, 5.74) is 2.65. The van der Waals surface area contributed by atoms with Gasteiger partial charge in [-0.3, -0.25) is 10.1 Å². The Bertz CT molecular complexity index is 1440. The maximum Gasteiger partial charge on any atom is 0.336 e. The fourth-order valence-electron chi connectivity index (χ4n) is 4.14. The normalized spacial score (nSPS) is 15.5. The molecule has 2 N–H and O–H groups in total. The molecule has 0 saturated carbocycles. The van der Waals surface area contributed by atoms with E-state index in [2.05, 4.69) is 9.98 Å². The van der Waals surface area contributed by atoms with E-state index in [1.165, 1.54) is 19.2 Å². The first-order valence-corrected chi connectivity index (χ1v) is 10.6. The van der Waals surface area contributed by atoms with Gasteiger partial charge in [0.2, 0.25) is 0 Å². The summed E-state index contributed by atoms with van der Waals surface area (Å²) in [5.74, 6) is -0.809. The SMILES string of the molecule is CCOC(=O)C1=C(C)N=c2[nH]c(=Cc3cccc([N+](=O)[O-])c3)c(O)c2C1c1ccccc1OC. The molecule has 4 rings (SSSR count). The number of ether oxygens (including phenoxy) is 2. The Morgan fingerprint density at radius 3 is 2.74 bits per heavy atom. The highest BCUT2D eigenvalue weighted by molar-refractivity contribution is 5.93. The number of benzene rings is 2. The molecule has 0 amide bonds. The minimum absolute atomic E-state index is 0.0664. The van der Waals surface area contributed by atoms with Crippen LogP contribution in [-0.4, -0.2) is 34.7 Å². The van der Waals surface area contributed by atoms with Crippen molar-refractivity contribution in [2.75, 3.05) is 13.7 Å². The van der Waals surface area contributed by atoms with Gasteiger partial charge in [-0.05, 0) is 31.6 Å². The van der Waals surface area contributed by atoms with Crippen LogP contribution in [0.15, 0.2) is 64.8 Å². The summed E-state index contributed by atoms with van der Waals surface area (Å²) in [7, 11) is 1.53. The Hall–Kier alpha value is -4.40. The molecule has 0 radical (unpaired) electrons. The molecule has 9 heteroatoms. The van der Waals surface area contributed by atoms with Crippen LogP contribution >= 0.6 is 0 Å². The number of rotatable bonds is 6. The van der Waals surface area contributed by atoms with Crippen LogP contribution in [0.3, 0.4) is 0 Å². The molecular formula is C25H23N3O6. The molecule has 0 bridgehead atoms. The highest BCUT2D eigenvalue weighted by Gasteiger charge is 2.36. The number of methoxy groups -OCH3 is 1. The number of nitro benzene ring substituents is 1. The first-order valence-electron chi connectivity index (χ1n) is 10.6. The van der Waals surface area contributed by atoms with Crippen molar-refractivity contribution in [3.8, 4) is 11.5 Å². The number of carbonyl (C=O) groups excluding carboxylic acids is 1. The number of aromatic nitrogens is 1. The molecule has 0 aliphatic carbocycles. The lowest BCUT2D eigenvalue weighted by atomic mass is 9.82. The predicted octanol–water partition coefficient (Wildman–Crippen LogP) is 3.07. The molecule has 174 valence electrons. The van der Waals surface area contributed by atoms with Gasteiger partial charge in [0.05, 0.1) is 46.7 Å². The number of para-hydroxylation sites is 1. The average Bonchev–Trinajstić information content (AvgIpc) is 3.12. The third-order valence-corrected chi connectivity index (χ3v) is 5.60. The molecule has 1 aliphatic heterocycles. The second-order valence-corrected chi connectivity index (χ2v) is 7.65. The van der Waals surface area contributed by atoms with Crippen LogP contribution in [0.25, 0.3) is 6.08 Å². The summed E-state index contributed by atoms with van der Waals surface area (Å²) in [6.07, 6.45) is 1.59. The van der Waals surface area contributed by atoms with Crippen LogP contribution in [0.4, 0.5) is 5.69 Å². The van der Waals surface area contributed by atoms with Gasteiger partial charge in [-0.25, -0.2) is 9.79 Å². The van der Waals surface area contributed by atoms with Crippen molar-refractivity contribution in [3.05, 3.63) is 97.4 Å². The number of H-pyrrole nitrogens is 1. The third kappa shape index (κ3) is 4.03. The predicted molar refractivity (Wildman–Crippen MR) is 124 cm³/mol. The smallest absolute Gasteiger partial charge is 0.336 e. The Labute approximate surface area is 194 Å². The number of hydrogen-bond acceptors (Lipinski definition) is 7. The van der Waals surface area contributed by atoms with Gasteiger partial charge in [0.15, 0.2) is 0 Å². The lowest BCUT2D eigenvalue weighted by Gasteiger charge is -2.24. The largest absolute Gasteiger partial charge is 0.505 e. The number of nitro groups is 1. The molecule has 1 aliphatic rings. The number of fused-ring (bicyclic) bond motifs is 1. The molecule has 0 fully saturated rings. The van der Waals surface area contributed by atoms with Gasteiger partial charge in [-0.1, -0.05) is 30.3 Å². The van der Waals surface area contributed by atoms with Gasteiger partial charge in [0, 0.05) is 17.7 Å². The minimum atomic E-state index is -0.703. The lowest BCUT2D eigenvalue weighted by molar-refractivity contribution is -0.384. The standard InChI is InChI=1S/C25H23N3O6/c1-4-34-25(30)20-14(2)26-24-22(21(20)17-10-5-6-11-19(17)33-3)23(29)18(27-24)13-15-8-7-9-16(12-15)28(31)32/h5-13,21,29H,4H2,1-3H3,(H,26,27). The molecule has 1 aromatic heterocycles. The lowest BCUT2D eigenvalue weighted by Crippen LogP contribution is -2.26. The Kier molecular flexibility index (Phi) is 6.18. The molecule has 1 atom stereocenters. The first kappa shape index (κ1) is 22.8. The van der Waals surface area contributed by atoms with E-state index in [1.54, 1.807) is 38.1 Å². The number of hydrogen-bond donors (Lipinski definition) is 2. The number of esters is 1. The molecule has 34 heavy (non-hydrogen) atoms. The fraction of sp³-hybridized carbons (Fsp3) is 0.200. The van der Waals surface area contributed by atoms with Crippen LogP contribution in [0, 0.1) is 10.1 Å². The third-order valence-electron chi connectivity index (χ3n) is 5.60. The summed E-state index contributed by atoms with van der Waals surface area (Å²) < 4.78 is 10.9. The van der Waals surface area contributed by atoms with Crippen molar-refractivity contribution in [2.24, 2.45) is 4.99 Å². The van der Waals surface area contributed by atoms with E-state index in [9.17, 15) is 20.0 Å². The van der Waals surface area contributed by atoms with Gasteiger partial charge < -0.3 is 19.6 Å².